The lowest BCUT2D eigenvalue weighted by Crippen LogP contribution is -1.88. The van der Waals surface area contributed by atoms with E-state index in [1.165, 1.54) is 6.07 Å². The van der Waals surface area contributed by atoms with Crippen molar-refractivity contribution in [1.82, 2.24) is 4.98 Å². The Kier molecular flexibility index (Phi) is 2.66. The predicted molar refractivity (Wildman–Crippen MR) is 53.9 cm³/mol. The fourth-order valence-electron chi connectivity index (χ4n) is 1.25. The molecular formula is C10H8NO3S-. The lowest BCUT2D eigenvalue weighted by molar-refractivity contribution is 0.533. The minimum atomic E-state index is -2.22. The molecule has 1 heterocycles. The van der Waals surface area contributed by atoms with Crippen LogP contribution in [0.2, 0.25) is 0 Å². The highest BCUT2D eigenvalue weighted by Crippen LogP contribution is 2.21. The second-order valence-corrected chi connectivity index (χ2v) is 3.95. The van der Waals surface area contributed by atoms with Crippen molar-refractivity contribution in [1.29, 1.82) is 0 Å². The van der Waals surface area contributed by atoms with Crippen LogP contribution in [-0.4, -0.2) is 13.7 Å². The van der Waals surface area contributed by atoms with E-state index >= 15 is 0 Å². The molecule has 1 aromatic carbocycles. The summed E-state index contributed by atoms with van der Waals surface area (Å²) in [6.45, 7) is 1.74. The molecule has 0 N–H and O–H groups in total. The molecule has 0 aliphatic heterocycles. The second-order valence-electron chi connectivity index (χ2n) is 3.01. The number of aryl methyl sites for hydroxylation is 1. The molecule has 1 aromatic heterocycles. The van der Waals surface area contributed by atoms with Crippen molar-refractivity contribution >= 4 is 11.1 Å². The highest BCUT2D eigenvalue weighted by atomic mass is 32.2. The predicted octanol–water partition coefficient (Wildman–Crippen LogP) is 1.89. The molecule has 2 aromatic rings. The van der Waals surface area contributed by atoms with Crippen LogP contribution in [-0.2, 0) is 11.1 Å². The summed E-state index contributed by atoms with van der Waals surface area (Å²) in [5, 5.41) is 0. The quantitative estimate of drug-likeness (QED) is 0.728. The molecule has 0 aliphatic rings. The maximum absolute atomic E-state index is 10.7. The van der Waals surface area contributed by atoms with Crippen LogP contribution in [0.1, 0.15) is 5.89 Å². The van der Waals surface area contributed by atoms with Crippen molar-refractivity contribution in [2.45, 2.75) is 11.8 Å². The topological polar surface area (TPSA) is 66.2 Å². The third-order valence-corrected chi connectivity index (χ3v) is 2.57. The smallest absolute Gasteiger partial charge is 0.191 e. The van der Waals surface area contributed by atoms with E-state index in [4.69, 9.17) is 4.42 Å². The summed E-state index contributed by atoms with van der Waals surface area (Å²) >= 11 is -2.22. The summed E-state index contributed by atoms with van der Waals surface area (Å²) in [5.41, 5.74) is 0.706. The normalized spacial score (nSPS) is 12.7. The van der Waals surface area contributed by atoms with E-state index in [1.54, 1.807) is 31.3 Å². The molecule has 0 saturated carbocycles. The molecule has 0 radical (unpaired) electrons. The maximum Gasteiger partial charge on any atom is 0.191 e. The van der Waals surface area contributed by atoms with Crippen molar-refractivity contribution < 1.29 is 13.2 Å². The van der Waals surface area contributed by atoms with Crippen LogP contribution in [0.25, 0.3) is 11.3 Å². The lowest BCUT2D eigenvalue weighted by Gasteiger charge is -2.05. The van der Waals surface area contributed by atoms with Gasteiger partial charge in [-0.3, -0.25) is 4.21 Å². The number of oxazole rings is 1. The van der Waals surface area contributed by atoms with Gasteiger partial charge in [-0.15, -0.1) is 0 Å². The van der Waals surface area contributed by atoms with Crippen molar-refractivity contribution in [3.8, 4) is 11.3 Å². The first-order valence-corrected chi connectivity index (χ1v) is 5.36. The molecule has 5 heteroatoms. The molecule has 0 aliphatic carbocycles. The van der Waals surface area contributed by atoms with Gasteiger partial charge in [-0.2, -0.15) is 0 Å². The Hall–Kier alpha value is -1.46. The Labute approximate surface area is 89.2 Å². The average molecular weight is 222 g/mol. The van der Waals surface area contributed by atoms with E-state index in [0.717, 1.165) is 0 Å². The van der Waals surface area contributed by atoms with Crippen LogP contribution in [0.4, 0.5) is 0 Å². The van der Waals surface area contributed by atoms with Gasteiger partial charge in [-0.05, 0) is 23.2 Å². The number of hydrogen-bond donors (Lipinski definition) is 0. The molecule has 2 rings (SSSR count). The van der Waals surface area contributed by atoms with Gasteiger partial charge in [0.05, 0.1) is 6.20 Å². The molecule has 0 spiro atoms. The van der Waals surface area contributed by atoms with Gasteiger partial charge < -0.3 is 8.97 Å². The van der Waals surface area contributed by atoms with Gasteiger partial charge in [0, 0.05) is 17.4 Å². The average Bonchev–Trinajstić information content (AvgIpc) is 2.65. The van der Waals surface area contributed by atoms with Gasteiger partial charge >= 0.3 is 0 Å². The SMILES string of the molecule is Cc1ncc(-c2cccc(S(=O)[O-])c2)o1. The van der Waals surface area contributed by atoms with Crippen LogP contribution in [0.5, 0.6) is 0 Å². The number of benzene rings is 1. The molecule has 0 fully saturated rings. The summed E-state index contributed by atoms with van der Waals surface area (Å²) in [6.07, 6.45) is 1.57. The van der Waals surface area contributed by atoms with Gasteiger partial charge in [0.15, 0.2) is 11.7 Å². The van der Waals surface area contributed by atoms with Gasteiger partial charge in [0.1, 0.15) is 0 Å². The minimum Gasteiger partial charge on any atom is -0.768 e. The summed E-state index contributed by atoms with van der Waals surface area (Å²) in [6, 6.07) is 6.51. The zero-order chi connectivity index (χ0) is 10.8. The van der Waals surface area contributed by atoms with Gasteiger partial charge in [0.25, 0.3) is 0 Å². The van der Waals surface area contributed by atoms with Gasteiger partial charge in [-0.25, -0.2) is 4.98 Å². The Balaban J connectivity index is 2.45. The van der Waals surface area contributed by atoms with E-state index in [1.807, 2.05) is 0 Å². The zero-order valence-corrected chi connectivity index (χ0v) is 8.78. The Morgan fingerprint density at radius 3 is 2.87 bits per heavy atom. The van der Waals surface area contributed by atoms with Crippen LogP contribution in [0.3, 0.4) is 0 Å². The van der Waals surface area contributed by atoms with Crippen molar-refractivity contribution in [3.63, 3.8) is 0 Å². The highest BCUT2D eigenvalue weighted by molar-refractivity contribution is 7.79. The Bertz CT molecular complexity index is 507. The van der Waals surface area contributed by atoms with Crippen molar-refractivity contribution in [2.75, 3.05) is 0 Å². The van der Waals surface area contributed by atoms with Crippen LogP contribution in [0.15, 0.2) is 39.8 Å². The van der Waals surface area contributed by atoms with Crippen molar-refractivity contribution in [3.05, 3.63) is 36.4 Å². The maximum atomic E-state index is 10.7. The fraction of sp³-hybridized carbons (Fsp3) is 0.100. The van der Waals surface area contributed by atoms with E-state index < -0.39 is 11.1 Å². The first-order valence-electron chi connectivity index (χ1n) is 4.29. The molecular weight excluding hydrogens is 214 g/mol. The van der Waals surface area contributed by atoms with Crippen LogP contribution in [0, 0.1) is 6.92 Å². The van der Waals surface area contributed by atoms with E-state index in [2.05, 4.69) is 4.98 Å². The van der Waals surface area contributed by atoms with Gasteiger partial charge in [-0.1, -0.05) is 12.1 Å². The number of rotatable bonds is 2. The molecule has 1 unspecified atom stereocenters. The molecule has 0 saturated heterocycles. The molecule has 0 bridgehead atoms. The molecule has 4 nitrogen and oxygen atoms in total. The third-order valence-electron chi connectivity index (χ3n) is 1.93. The highest BCUT2D eigenvalue weighted by Gasteiger charge is 2.04. The monoisotopic (exact) mass is 222 g/mol. The van der Waals surface area contributed by atoms with Crippen LogP contribution < -0.4 is 0 Å². The number of hydrogen-bond acceptors (Lipinski definition) is 4. The minimum absolute atomic E-state index is 0.238. The Morgan fingerprint density at radius 1 is 1.47 bits per heavy atom. The lowest BCUT2D eigenvalue weighted by atomic mass is 10.2. The Morgan fingerprint density at radius 2 is 2.27 bits per heavy atom. The molecule has 15 heavy (non-hydrogen) atoms. The fourth-order valence-corrected chi connectivity index (χ4v) is 1.66. The number of nitrogens with zero attached hydrogens (tertiary/aromatic N) is 1. The molecule has 78 valence electrons. The van der Waals surface area contributed by atoms with E-state index in [0.29, 0.717) is 17.2 Å². The number of aromatic nitrogens is 1. The zero-order valence-electron chi connectivity index (χ0n) is 7.97. The molecule has 0 amide bonds. The van der Waals surface area contributed by atoms with E-state index in [-0.39, 0.29) is 4.90 Å². The first-order chi connectivity index (χ1) is 7.16. The first kappa shape index (κ1) is 10.1. The third kappa shape index (κ3) is 2.14. The van der Waals surface area contributed by atoms with Crippen molar-refractivity contribution in [2.24, 2.45) is 0 Å². The molecule has 1 atom stereocenters. The van der Waals surface area contributed by atoms with E-state index in [9.17, 15) is 8.76 Å². The second kappa shape index (κ2) is 3.96. The summed E-state index contributed by atoms with van der Waals surface area (Å²) < 4.78 is 26.8. The largest absolute Gasteiger partial charge is 0.768 e. The summed E-state index contributed by atoms with van der Waals surface area (Å²) in [7, 11) is 0. The summed E-state index contributed by atoms with van der Waals surface area (Å²) in [4.78, 5) is 4.18. The standard InChI is InChI=1S/C10H9NO3S/c1-7-11-6-10(14-7)8-3-2-4-9(5-8)15(12)13/h2-6H,1H3,(H,12,13)/p-1. The van der Waals surface area contributed by atoms with Crippen LogP contribution >= 0.6 is 0 Å². The van der Waals surface area contributed by atoms with Gasteiger partial charge in [0.2, 0.25) is 0 Å². The summed E-state index contributed by atoms with van der Waals surface area (Å²) in [5.74, 6) is 1.12.